The van der Waals surface area contributed by atoms with Gasteiger partial charge in [-0.05, 0) is 54.8 Å². The Balaban J connectivity index is 2.05. The van der Waals surface area contributed by atoms with E-state index in [4.69, 9.17) is 16.3 Å². The summed E-state index contributed by atoms with van der Waals surface area (Å²) >= 11 is 6.16. The summed E-state index contributed by atoms with van der Waals surface area (Å²) in [6.45, 7) is 3.44. The van der Waals surface area contributed by atoms with Gasteiger partial charge in [0, 0.05) is 10.7 Å². The maximum absolute atomic E-state index is 13.5. The molecule has 0 heterocycles. The Bertz CT molecular complexity index is 1210. The van der Waals surface area contributed by atoms with Gasteiger partial charge in [0.1, 0.15) is 12.3 Å². The van der Waals surface area contributed by atoms with Crippen molar-refractivity contribution < 1.29 is 17.9 Å². The molecular weight excluding hydrogens is 448 g/mol. The van der Waals surface area contributed by atoms with Crippen LogP contribution in [0.15, 0.2) is 71.6 Å². The predicted octanol–water partition coefficient (Wildman–Crippen LogP) is 5.05. The quantitative estimate of drug-likeness (QED) is 0.497. The Kier molecular flexibility index (Phi) is 7.43. The number of hydrogen-bond acceptors (Lipinski definition) is 4. The lowest BCUT2D eigenvalue weighted by Crippen LogP contribution is -2.38. The Morgan fingerprint density at radius 3 is 2.44 bits per heavy atom. The molecule has 0 saturated carbocycles. The molecule has 3 aromatic carbocycles. The van der Waals surface area contributed by atoms with Crippen molar-refractivity contribution in [2.45, 2.75) is 25.2 Å². The summed E-state index contributed by atoms with van der Waals surface area (Å²) in [5.74, 6) is -0.192. The molecule has 0 bridgehead atoms. The highest BCUT2D eigenvalue weighted by molar-refractivity contribution is 7.92. The van der Waals surface area contributed by atoms with Crippen molar-refractivity contribution in [2.24, 2.45) is 0 Å². The summed E-state index contributed by atoms with van der Waals surface area (Å²) in [7, 11) is -2.65. The third kappa shape index (κ3) is 5.06. The van der Waals surface area contributed by atoms with Gasteiger partial charge in [0.05, 0.1) is 17.7 Å². The van der Waals surface area contributed by atoms with Crippen molar-refractivity contribution in [3.05, 3.63) is 82.9 Å². The number of carbonyl (C=O) groups excluding carboxylic acids is 1. The van der Waals surface area contributed by atoms with Crippen LogP contribution >= 0.6 is 11.6 Å². The van der Waals surface area contributed by atoms with Gasteiger partial charge in [0.15, 0.2) is 0 Å². The van der Waals surface area contributed by atoms with Crippen molar-refractivity contribution in [1.29, 1.82) is 0 Å². The monoisotopic (exact) mass is 472 g/mol. The second-order valence-electron chi connectivity index (χ2n) is 7.15. The molecule has 1 N–H and O–H groups in total. The average molecular weight is 473 g/mol. The molecule has 6 nitrogen and oxygen atoms in total. The van der Waals surface area contributed by atoms with E-state index in [-0.39, 0.29) is 16.3 Å². The number of sulfonamides is 1. The second kappa shape index (κ2) is 10.1. The average Bonchev–Trinajstić information content (AvgIpc) is 2.79. The number of nitrogens with one attached hydrogen (secondary N) is 1. The van der Waals surface area contributed by atoms with E-state index in [0.29, 0.717) is 10.7 Å². The molecular formula is C24H25ClN2O4S. The highest BCUT2D eigenvalue weighted by Crippen LogP contribution is 2.35. The van der Waals surface area contributed by atoms with Gasteiger partial charge < -0.3 is 10.1 Å². The molecule has 1 amide bonds. The topological polar surface area (TPSA) is 75.7 Å². The van der Waals surface area contributed by atoms with Gasteiger partial charge in [-0.15, -0.1) is 0 Å². The molecule has 0 radical (unpaired) electrons. The summed E-state index contributed by atoms with van der Waals surface area (Å²) in [5, 5.41) is 3.21. The van der Waals surface area contributed by atoms with E-state index in [0.717, 1.165) is 21.9 Å². The number of benzene rings is 3. The van der Waals surface area contributed by atoms with Gasteiger partial charge in [-0.2, -0.15) is 0 Å². The summed E-state index contributed by atoms with van der Waals surface area (Å²) in [6.07, 6.45) is 0.728. The van der Waals surface area contributed by atoms with Crippen LogP contribution in [0, 0.1) is 6.92 Å². The molecule has 32 heavy (non-hydrogen) atoms. The third-order valence-electron chi connectivity index (χ3n) is 5.03. The highest BCUT2D eigenvalue weighted by Gasteiger charge is 2.30. The zero-order chi connectivity index (χ0) is 23.3. The number of ether oxygens (including phenoxy) is 1. The van der Waals surface area contributed by atoms with Crippen molar-refractivity contribution in [2.75, 3.05) is 23.3 Å². The number of rotatable bonds is 8. The Morgan fingerprint density at radius 2 is 1.78 bits per heavy atom. The lowest BCUT2D eigenvalue weighted by molar-refractivity contribution is -0.114. The van der Waals surface area contributed by atoms with E-state index in [1.54, 1.807) is 30.3 Å². The van der Waals surface area contributed by atoms with Crippen LogP contribution in [0.1, 0.15) is 18.1 Å². The van der Waals surface area contributed by atoms with Crippen LogP contribution in [0.4, 0.5) is 11.4 Å². The fraction of sp³-hybridized carbons (Fsp3) is 0.208. The van der Waals surface area contributed by atoms with Gasteiger partial charge in [0.25, 0.3) is 10.0 Å². The van der Waals surface area contributed by atoms with Crippen molar-refractivity contribution in [1.82, 2.24) is 0 Å². The normalized spacial score (nSPS) is 11.1. The molecule has 3 aromatic rings. The third-order valence-corrected chi connectivity index (χ3v) is 7.04. The van der Waals surface area contributed by atoms with E-state index in [9.17, 15) is 13.2 Å². The summed E-state index contributed by atoms with van der Waals surface area (Å²) in [5.41, 5.74) is 2.74. The minimum Gasteiger partial charge on any atom is -0.495 e. The lowest BCUT2D eigenvalue weighted by atomic mass is 10.1. The van der Waals surface area contributed by atoms with E-state index in [1.165, 1.54) is 25.3 Å². The number of methoxy groups -OCH3 is 1. The first kappa shape index (κ1) is 23.6. The standard InChI is InChI=1S/C24H25ClN2O4S/c1-4-18-10-8-9-17(2)24(18)26-23(28)16-27(21-15-19(25)13-14-22(21)31-3)32(29,30)20-11-6-5-7-12-20/h5-15H,4,16H2,1-3H3,(H,26,28). The zero-order valence-corrected chi connectivity index (χ0v) is 19.7. The van der Waals surface area contributed by atoms with Gasteiger partial charge >= 0.3 is 0 Å². The first-order valence-corrected chi connectivity index (χ1v) is 11.9. The number of anilines is 2. The highest BCUT2D eigenvalue weighted by atomic mass is 35.5. The number of aryl methyl sites for hydroxylation is 2. The van der Waals surface area contributed by atoms with E-state index >= 15 is 0 Å². The number of hydrogen-bond donors (Lipinski definition) is 1. The van der Waals surface area contributed by atoms with Crippen molar-refractivity contribution in [3.8, 4) is 5.75 Å². The SMILES string of the molecule is CCc1cccc(C)c1NC(=O)CN(c1cc(Cl)ccc1OC)S(=O)(=O)c1ccccc1. The number of halogens is 1. The summed E-state index contributed by atoms with van der Waals surface area (Å²) in [4.78, 5) is 13.1. The second-order valence-corrected chi connectivity index (χ2v) is 9.45. The van der Waals surface area contributed by atoms with Gasteiger partial charge in [-0.25, -0.2) is 8.42 Å². The maximum atomic E-state index is 13.5. The molecule has 0 unspecified atom stereocenters. The first-order chi connectivity index (χ1) is 15.3. The largest absolute Gasteiger partial charge is 0.495 e. The fourth-order valence-corrected chi connectivity index (χ4v) is 5.00. The number of para-hydroxylation sites is 1. The van der Waals surface area contributed by atoms with Crippen molar-refractivity contribution >= 4 is 38.9 Å². The number of nitrogens with zero attached hydrogens (tertiary/aromatic N) is 1. The van der Waals surface area contributed by atoms with Crippen molar-refractivity contribution in [3.63, 3.8) is 0 Å². The van der Waals surface area contributed by atoms with Crippen LogP contribution in [0.3, 0.4) is 0 Å². The van der Waals surface area contributed by atoms with Crippen LogP contribution in [0.25, 0.3) is 0 Å². The molecule has 8 heteroatoms. The molecule has 0 aliphatic rings. The smallest absolute Gasteiger partial charge is 0.264 e. The molecule has 0 spiro atoms. The summed E-state index contributed by atoms with van der Waals surface area (Å²) < 4.78 is 33.5. The molecule has 0 aliphatic heterocycles. The van der Waals surface area contributed by atoms with Gasteiger partial charge in [-0.3, -0.25) is 9.10 Å². The molecule has 168 valence electrons. The Labute approximate surface area is 193 Å². The number of carbonyl (C=O) groups is 1. The number of amides is 1. The van der Waals surface area contributed by atoms with Crippen LogP contribution in [0.5, 0.6) is 5.75 Å². The molecule has 0 aliphatic carbocycles. The molecule has 0 saturated heterocycles. The molecule has 0 fully saturated rings. The molecule has 0 aromatic heterocycles. The van der Waals surface area contributed by atoms with E-state index in [1.807, 2.05) is 32.0 Å². The first-order valence-electron chi connectivity index (χ1n) is 10.1. The van der Waals surface area contributed by atoms with Crippen LogP contribution in [-0.2, 0) is 21.2 Å². The minimum absolute atomic E-state index is 0.0555. The van der Waals surface area contributed by atoms with Crippen LogP contribution < -0.4 is 14.4 Å². The van der Waals surface area contributed by atoms with Crippen LogP contribution in [0.2, 0.25) is 5.02 Å². The maximum Gasteiger partial charge on any atom is 0.264 e. The predicted molar refractivity (Wildman–Crippen MR) is 128 cm³/mol. The van der Waals surface area contributed by atoms with Gasteiger partial charge in [0.2, 0.25) is 5.91 Å². The molecule has 3 rings (SSSR count). The zero-order valence-electron chi connectivity index (χ0n) is 18.1. The molecule has 0 atom stereocenters. The van der Waals surface area contributed by atoms with E-state index < -0.39 is 22.5 Å². The fourth-order valence-electron chi connectivity index (χ4n) is 3.39. The van der Waals surface area contributed by atoms with E-state index in [2.05, 4.69) is 5.32 Å². The Hall–Kier alpha value is -3.03. The van der Waals surface area contributed by atoms with Crippen LogP contribution in [-0.4, -0.2) is 28.0 Å². The Morgan fingerprint density at radius 1 is 1.06 bits per heavy atom. The van der Waals surface area contributed by atoms with Gasteiger partial charge in [-0.1, -0.05) is 54.9 Å². The summed E-state index contributed by atoms with van der Waals surface area (Å²) in [6, 6.07) is 18.3. The lowest BCUT2D eigenvalue weighted by Gasteiger charge is -2.26. The minimum atomic E-state index is -4.08.